The number of anilines is 1. The van der Waals surface area contributed by atoms with Gasteiger partial charge in [0.1, 0.15) is 0 Å². The Labute approximate surface area is 104 Å². The van der Waals surface area contributed by atoms with Gasteiger partial charge in [0.15, 0.2) is 0 Å². The molecule has 0 saturated heterocycles. The molecule has 1 aromatic heterocycles. The SMILES string of the molecule is CCCOc1nc(Cl)nc(NC2(CO)CC2)n1. The quantitative estimate of drug-likeness (QED) is 0.799. The van der Waals surface area contributed by atoms with E-state index in [0.29, 0.717) is 12.6 Å². The van der Waals surface area contributed by atoms with Crippen molar-refractivity contribution in [3.05, 3.63) is 5.28 Å². The molecule has 0 aromatic carbocycles. The Hall–Kier alpha value is -1.14. The molecule has 7 heteroatoms. The van der Waals surface area contributed by atoms with Crippen LogP contribution in [0.25, 0.3) is 0 Å². The van der Waals surface area contributed by atoms with Crippen LogP contribution in [0.3, 0.4) is 0 Å². The summed E-state index contributed by atoms with van der Waals surface area (Å²) in [6.07, 6.45) is 2.67. The maximum Gasteiger partial charge on any atom is 0.322 e. The van der Waals surface area contributed by atoms with Gasteiger partial charge in [0.25, 0.3) is 0 Å². The average molecular weight is 259 g/mol. The first kappa shape index (κ1) is 12.3. The molecule has 1 aromatic rings. The lowest BCUT2D eigenvalue weighted by Gasteiger charge is -2.14. The van der Waals surface area contributed by atoms with Crippen LogP contribution in [0.1, 0.15) is 26.2 Å². The molecule has 0 unspecified atom stereocenters. The number of aromatic nitrogens is 3. The van der Waals surface area contributed by atoms with Gasteiger partial charge in [-0.3, -0.25) is 0 Å². The van der Waals surface area contributed by atoms with Gasteiger partial charge in [-0.2, -0.15) is 15.0 Å². The van der Waals surface area contributed by atoms with Gasteiger partial charge in [-0.05, 0) is 30.9 Å². The van der Waals surface area contributed by atoms with E-state index < -0.39 is 0 Å². The fourth-order valence-corrected chi connectivity index (χ4v) is 1.51. The average Bonchev–Trinajstić information content (AvgIpc) is 3.06. The topological polar surface area (TPSA) is 80.2 Å². The van der Waals surface area contributed by atoms with E-state index in [1.165, 1.54) is 0 Å². The predicted molar refractivity (Wildman–Crippen MR) is 63.3 cm³/mol. The third kappa shape index (κ3) is 3.17. The lowest BCUT2D eigenvalue weighted by Crippen LogP contribution is -2.27. The maximum absolute atomic E-state index is 9.20. The molecule has 0 bridgehead atoms. The molecule has 0 atom stereocenters. The molecule has 0 radical (unpaired) electrons. The highest BCUT2D eigenvalue weighted by Gasteiger charge is 2.42. The van der Waals surface area contributed by atoms with Crippen LogP contribution in [0.5, 0.6) is 6.01 Å². The first-order valence-corrected chi connectivity index (χ1v) is 5.99. The van der Waals surface area contributed by atoms with E-state index in [0.717, 1.165) is 19.3 Å². The largest absolute Gasteiger partial charge is 0.463 e. The normalized spacial score (nSPS) is 16.6. The highest BCUT2D eigenvalue weighted by atomic mass is 35.5. The van der Waals surface area contributed by atoms with Gasteiger partial charge < -0.3 is 15.2 Å². The molecule has 6 nitrogen and oxygen atoms in total. The van der Waals surface area contributed by atoms with Gasteiger partial charge in [0, 0.05) is 0 Å². The number of aliphatic hydroxyl groups is 1. The summed E-state index contributed by atoms with van der Waals surface area (Å²) >= 11 is 5.78. The van der Waals surface area contributed by atoms with E-state index in [2.05, 4.69) is 20.3 Å². The summed E-state index contributed by atoms with van der Waals surface area (Å²) in [6, 6.07) is 0.211. The Bertz CT molecular complexity index is 398. The number of hydrogen-bond acceptors (Lipinski definition) is 6. The Morgan fingerprint density at radius 3 is 2.76 bits per heavy atom. The van der Waals surface area contributed by atoms with Gasteiger partial charge in [0.2, 0.25) is 11.2 Å². The number of nitrogens with one attached hydrogen (secondary N) is 1. The van der Waals surface area contributed by atoms with Crippen LogP contribution in [-0.4, -0.2) is 38.8 Å². The molecule has 94 valence electrons. The number of ether oxygens (including phenoxy) is 1. The van der Waals surface area contributed by atoms with Gasteiger partial charge in [-0.1, -0.05) is 6.92 Å². The van der Waals surface area contributed by atoms with Crippen LogP contribution in [0.15, 0.2) is 0 Å². The van der Waals surface area contributed by atoms with E-state index in [1.807, 2.05) is 6.92 Å². The second kappa shape index (κ2) is 5.01. The van der Waals surface area contributed by atoms with Crippen LogP contribution < -0.4 is 10.1 Å². The summed E-state index contributed by atoms with van der Waals surface area (Å²) in [5, 5.41) is 12.3. The number of halogens is 1. The van der Waals surface area contributed by atoms with Gasteiger partial charge in [-0.15, -0.1) is 0 Å². The van der Waals surface area contributed by atoms with Crippen molar-refractivity contribution < 1.29 is 9.84 Å². The van der Waals surface area contributed by atoms with E-state index in [9.17, 15) is 5.11 Å². The first-order chi connectivity index (χ1) is 8.17. The Morgan fingerprint density at radius 1 is 1.41 bits per heavy atom. The second-order valence-corrected chi connectivity index (χ2v) is 4.46. The van der Waals surface area contributed by atoms with Crippen molar-refractivity contribution in [2.45, 2.75) is 31.7 Å². The predicted octanol–water partition coefficient (Wildman–Crippen LogP) is 1.25. The summed E-state index contributed by atoms with van der Waals surface area (Å²) in [7, 11) is 0. The number of hydrogen-bond donors (Lipinski definition) is 2. The second-order valence-electron chi connectivity index (χ2n) is 4.12. The van der Waals surface area contributed by atoms with E-state index in [4.69, 9.17) is 16.3 Å². The molecule has 0 amide bonds. The summed E-state index contributed by atoms with van der Waals surface area (Å²) in [4.78, 5) is 11.9. The fraction of sp³-hybridized carbons (Fsp3) is 0.700. The molecule has 1 saturated carbocycles. The first-order valence-electron chi connectivity index (χ1n) is 5.61. The zero-order chi connectivity index (χ0) is 12.3. The van der Waals surface area contributed by atoms with E-state index in [1.54, 1.807) is 0 Å². The molecule has 17 heavy (non-hydrogen) atoms. The Balaban J connectivity index is 2.08. The van der Waals surface area contributed by atoms with Crippen LogP contribution >= 0.6 is 11.6 Å². The fourth-order valence-electron chi connectivity index (χ4n) is 1.36. The van der Waals surface area contributed by atoms with Crippen LogP contribution in [0.2, 0.25) is 5.28 Å². The standard InChI is InChI=1S/C10H15ClN4O2/c1-2-5-17-9-13-7(11)12-8(14-9)15-10(6-16)3-4-10/h16H,2-6H2,1H3,(H,12,13,14,15). The molecule has 2 N–H and O–H groups in total. The molecular formula is C10H15ClN4O2. The van der Waals surface area contributed by atoms with Crippen molar-refractivity contribution in [2.75, 3.05) is 18.5 Å². The van der Waals surface area contributed by atoms with Crippen molar-refractivity contribution in [2.24, 2.45) is 0 Å². The minimum Gasteiger partial charge on any atom is -0.463 e. The lowest BCUT2D eigenvalue weighted by molar-refractivity contribution is 0.264. The molecule has 1 fully saturated rings. The van der Waals surface area contributed by atoms with E-state index in [-0.39, 0.29) is 23.4 Å². The molecule has 0 aliphatic heterocycles. The Morgan fingerprint density at radius 2 is 2.18 bits per heavy atom. The molecule has 2 rings (SSSR count). The van der Waals surface area contributed by atoms with Crippen LogP contribution in [-0.2, 0) is 0 Å². The summed E-state index contributed by atoms with van der Waals surface area (Å²) in [5.74, 6) is 0.350. The summed E-state index contributed by atoms with van der Waals surface area (Å²) < 4.78 is 5.30. The monoisotopic (exact) mass is 258 g/mol. The summed E-state index contributed by atoms with van der Waals surface area (Å²) in [5.41, 5.74) is -0.285. The third-order valence-electron chi connectivity index (χ3n) is 2.56. The van der Waals surface area contributed by atoms with E-state index >= 15 is 0 Å². The van der Waals surface area contributed by atoms with Gasteiger partial charge >= 0.3 is 6.01 Å². The van der Waals surface area contributed by atoms with Gasteiger partial charge in [-0.25, -0.2) is 0 Å². The molecule has 0 spiro atoms. The molecular weight excluding hydrogens is 244 g/mol. The van der Waals surface area contributed by atoms with Crippen molar-refractivity contribution in [3.63, 3.8) is 0 Å². The molecule has 1 aliphatic carbocycles. The number of nitrogens with zero attached hydrogens (tertiary/aromatic N) is 3. The zero-order valence-corrected chi connectivity index (χ0v) is 10.4. The van der Waals surface area contributed by atoms with Crippen molar-refractivity contribution in [1.29, 1.82) is 0 Å². The van der Waals surface area contributed by atoms with Gasteiger partial charge in [0.05, 0.1) is 18.8 Å². The van der Waals surface area contributed by atoms with Crippen molar-refractivity contribution in [1.82, 2.24) is 15.0 Å². The number of aliphatic hydroxyl groups excluding tert-OH is 1. The lowest BCUT2D eigenvalue weighted by atomic mass is 10.3. The minimum atomic E-state index is -0.285. The highest BCUT2D eigenvalue weighted by molar-refractivity contribution is 6.28. The van der Waals surface area contributed by atoms with Crippen molar-refractivity contribution in [3.8, 4) is 6.01 Å². The van der Waals surface area contributed by atoms with Crippen LogP contribution in [0.4, 0.5) is 5.95 Å². The Kier molecular flexibility index (Phi) is 3.63. The highest BCUT2D eigenvalue weighted by Crippen LogP contribution is 2.37. The third-order valence-corrected chi connectivity index (χ3v) is 2.73. The maximum atomic E-state index is 9.20. The number of rotatable bonds is 6. The summed E-state index contributed by atoms with van der Waals surface area (Å²) in [6.45, 7) is 2.58. The van der Waals surface area contributed by atoms with Crippen molar-refractivity contribution >= 4 is 17.5 Å². The smallest absolute Gasteiger partial charge is 0.322 e. The zero-order valence-electron chi connectivity index (χ0n) is 9.61. The minimum absolute atomic E-state index is 0.0570. The molecule has 1 aliphatic rings. The molecule has 1 heterocycles. The van der Waals surface area contributed by atoms with Crippen LogP contribution in [0, 0.1) is 0 Å².